The highest BCUT2D eigenvalue weighted by molar-refractivity contribution is 6.30. The van der Waals surface area contributed by atoms with Gasteiger partial charge < -0.3 is 0 Å². The number of nitrogens with one attached hydrogen (secondary N) is 1. The van der Waals surface area contributed by atoms with E-state index in [1.54, 1.807) is 0 Å². The first-order valence-electron chi connectivity index (χ1n) is 5.61. The van der Waals surface area contributed by atoms with Gasteiger partial charge in [0.25, 0.3) is 0 Å². The van der Waals surface area contributed by atoms with E-state index in [0.717, 1.165) is 17.9 Å². The average molecular weight is 241 g/mol. The molecule has 0 amide bonds. The van der Waals surface area contributed by atoms with Gasteiger partial charge in [-0.05, 0) is 36.0 Å². The van der Waals surface area contributed by atoms with E-state index >= 15 is 0 Å². The largest absolute Gasteiger partial charge is 0.271 e. The average Bonchev–Trinajstić information content (AvgIpc) is 2.18. The second-order valence-corrected chi connectivity index (χ2v) is 5.90. The Bertz CT molecular complexity index is 314. The lowest BCUT2D eigenvalue weighted by atomic mass is 9.86. The maximum absolute atomic E-state index is 5.85. The van der Waals surface area contributed by atoms with Crippen LogP contribution in [0.1, 0.15) is 32.8 Å². The summed E-state index contributed by atoms with van der Waals surface area (Å²) in [5.41, 5.74) is 4.43. The predicted octanol–water partition coefficient (Wildman–Crippen LogP) is 3.15. The number of benzene rings is 1. The van der Waals surface area contributed by atoms with Crippen molar-refractivity contribution in [1.82, 2.24) is 5.43 Å². The third-order valence-electron chi connectivity index (χ3n) is 2.49. The van der Waals surface area contributed by atoms with Gasteiger partial charge >= 0.3 is 0 Å². The van der Waals surface area contributed by atoms with Crippen molar-refractivity contribution in [1.29, 1.82) is 0 Å². The maximum atomic E-state index is 5.85. The Balaban J connectivity index is 2.60. The minimum Gasteiger partial charge on any atom is -0.271 e. The monoisotopic (exact) mass is 240 g/mol. The summed E-state index contributed by atoms with van der Waals surface area (Å²) in [6.07, 6.45) is 1.98. The van der Waals surface area contributed by atoms with Crippen molar-refractivity contribution in [2.75, 3.05) is 0 Å². The molecule has 0 aliphatic heterocycles. The Morgan fingerprint density at radius 2 is 1.81 bits per heavy atom. The fourth-order valence-electron chi connectivity index (χ4n) is 1.83. The topological polar surface area (TPSA) is 38.0 Å². The molecule has 0 heterocycles. The molecule has 0 aromatic heterocycles. The van der Waals surface area contributed by atoms with Gasteiger partial charge in [-0.2, -0.15) is 0 Å². The molecule has 0 aliphatic carbocycles. The van der Waals surface area contributed by atoms with Crippen LogP contribution < -0.4 is 11.3 Å². The molecule has 0 bridgehead atoms. The molecule has 3 N–H and O–H groups in total. The van der Waals surface area contributed by atoms with Crippen LogP contribution in [0.3, 0.4) is 0 Å². The summed E-state index contributed by atoms with van der Waals surface area (Å²) in [7, 11) is 0. The standard InChI is InChI=1S/C13H21ClN2/c1-13(2,3)9-12(16-15)8-10-4-6-11(14)7-5-10/h4-7,12,16H,8-9,15H2,1-3H3. The zero-order valence-corrected chi connectivity index (χ0v) is 11.0. The van der Waals surface area contributed by atoms with Crippen LogP contribution in [0.25, 0.3) is 0 Å². The summed E-state index contributed by atoms with van der Waals surface area (Å²) in [6.45, 7) is 6.66. The fraction of sp³-hybridized carbons (Fsp3) is 0.538. The molecule has 1 aromatic carbocycles. The number of nitrogens with two attached hydrogens (primary N) is 1. The molecule has 1 unspecified atom stereocenters. The van der Waals surface area contributed by atoms with Crippen LogP contribution in [0.4, 0.5) is 0 Å². The van der Waals surface area contributed by atoms with Gasteiger partial charge in [-0.15, -0.1) is 0 Å². The van der Waals surface area contributed by atoms with Gasteiger partial charge in [0.05, 0.1) is 0 Å². The van der Waals surface area contributed by atoms with Crippen LogP contribution in [0.5, 0.6) is 0 Å². The normalized spacial score (nSPS) is 13.8. The number of halogens is 1. The van der Waals surface area contributed by atoms with E-state index in [1.165, 1.54) is 5.56 Å². The molecule has 0 aliphatic rings. The van der Waals surface area contributed by atoms with Gasteiger partial charge in [-0.3, -0.25) is 11.3 Å². The first-order valence-corrected chi connectivity index (χ1v) is 5.99. The minimum atomic E-state index is 0.281. The molecule has 0 saturated heterocycles. The third kappa shape index (κ3) is 4.97. The van der Waals surface area contributed by atoms with Crippen LogP contribution in [-0.4, -0.2) is 6.04 Å². The highest BCUT2D eigenvalue weighted by Gasteiger charge is 2.17. The van der Waals surface area contributed by atoms with Crippen molar-refractivity contribution in [2.45, 2.75) is 39.7 Å². The fourth-order valence-corrected chi connectivity index (χ4v) is 1.96. The smallest absolute Gasteiger partial charge is 0.0406 e. The molecular weight excluding hydrogens is 220 g/mol. The molecule has 3 heteroatoms. The molecule has 0 fully saturated rings. The summed E-state index contributed by atoms with van der Waals surface area (Å²) in [5.74, 6) is 5.58. The molecule has 1 aromatic rings. The third-order valence-corrected chi connectivity index (χ3v) is 2.74. The second kappa shape index (κ2) is 5.67. The molecule has 1 rings (SSSR count). The Labute approximate surface area is 103 Å². The van der Waals surface area contributed by atoms with Crippen LogP contribution in [0.15, 0.2) is 24.3 Å². The quantitative estimate of drug-likeness (QED) is 0.627. The lowest BCUT2D eigenvalue weighted by Gasteiger charge is -2.25. The zero-order chi connectivity index (χ0) is 12.2. The molecule has 1 atom stereocenters. The van der Waals surface area contributed by atoms with Crippen LogP contribution in [0.2, 0.25) is 5.02 Å². The Hall–Kier alpha value is -0.570. The van der Waals surface area contributed by atoms with E-state index < -0.39 is 0 Å². The van der Waals surface area contributed by atoms with Crippen molar-refractivity contribution in [3.63, 3.8) is 0 Å². The number of hydrogen-bond donors (Lipinski definition) is 2. The summed E-state index contributed by atoms with van der Waals surface area (Å²) in [4.78, 5) is 0. The summed E-state index contributed by atoms with van der Waals surface area (Å²) < 4.78 is 0. The van der Waals surface area contributed by atoms with Crippen LogP contribution in [0, 0.1) is 5.41 Å². The highest BCUT2D eigenvalue weighted by Crippen LogP contribution is 2.22. The first-order chi connectivity index (χ1) is 7.40. The van der Waals surface area contributed by atoms with E-state index in [1.807, 2.05) is 12.1 Å². The molecule has 90 valence electrons. The minimum absolute atomic E-state index is 0.281. The molecule has 0 radical (unpaired) electrons. The molecule has 2 nitrogen and oxygen atoms in total. The summed E-state index contributed by atoms with van der Waals surface area (Å²) in [6, 6.07) is 8.24. The Morgan fingerprint density at radius 1 is 1.25 bits per heavy atom. The van der Waals surface area contributed by atoms with Crippen molar-refractivity contribution in [2.24, 2.45) is 11.3 Å². The van der Waals surface area contributed by atoms with E-state index in [-0.39, 0.29) is 5.41 Å². The van der Waals surface area contributed by atoms with Gasteiger partial charge in [0.15, 0.2) is 0 Å². The maximum Gasteiger partial charge on any atom is 0.0406 e. The lowest BCUT2D eigenvalue weighted by molar-refractivity contribution is 0.308. The number of hydrogen-bond acceptors (Lipinski definition) is 2. The Morgan fingerprint density at radius 3 is 2.25 bits per heavy atom. The lowest BCUT2D eigenvalue weighted by Crippen LogP contribution is -2.39. The van der Waals surface area contributed by atoms with Gasteiger partial charge in [-0.25, -0.2) is 0 Å². The highest BCUT2D eigenvalue weighted by atomic mass is 35.5. The summed E-state index contributed by atoms with van der Waals surface area (Å²) >= 11 is 5.85. The number of rotatable bonds is 4. The number of hydrazine groups is 1. The van der Waals surface area contributed by atoms with Gasteiger partial charge in [-0.1, -0.05) is 44.5 Å². The first kappa shape index (κ1) is 13.5. The van der Waals surface area contributed by atoms with E-state index in [9.17, 15) is 0 Å². The Kier molecular flexibility index (Phi) is 4.78. The predicted molar refractivity (Wildman–Crippen MR) is 70.3 cm³/mol. The van der Waals surface area contributed by atoms with Crippen LogP contribution >= 0.6 is 11.6 Å². The molecular formula is C13H21ClN2. The van der Waals surface area contributed by atoms with Gasteiger partial charge in [0.1, 0.15) is 0 Å². The summed E-state index contributed by atoms with van der Waals surface area (Å²) in [5, 5.41) is 0.775. The van der Waals surface area contributed by atoms with Crippen molar-refractivity contribution in [3.8, 4) is 0 Å². The van der Waals surface area contributed by atoms with E-state index in [0.29, 0.717) is 6.04 Å². The zero-order valence-electron chi connectivity index (χ0n) is 10.3. The SMILES string of the molecule is CC(C)(C)CC(Cc1ccc(Cl)cc1)NN. The second-order valence-electron chi connectivity index (χ2n) is 5.46. The molecule has 0 saturated carbocycles. The van der Waals surface area contributed by atoms with Gasteiger partial charge in [0.2, 0.25) is 0 Å². The van der Waals surface area contributed by atoms with Crippen molar-refractivity contribution >= 4 is 11.6 Å². The van der Waals surface area contributed by atoms with Crippen molar-refractivity contribution in [3.05, 3.63) is 34.9 Å². The van der Waals surface area contributed by atoms with Crippen molar-refractivity contribution < 1.29 is 0 Å². The van der Waals surface area contributed by atoms with E-state index in [4.69, 9.17) is 17.4 Å². The molecule has 0 spiro atoms. The molecule has 16 heavy (non-hydrogen) atoms. The van der Waals surface area contributed by atoms with Gasteiger partial charge in [0, 0.05) is 11.1 Å². The van der Waals surface area contributed by atoms with E-state index in [2.05, 4.69) is 38.3 Å². The van der Waals surface area contributed by atoms with Crippen LogP contribution in [-0.2, 0) is 6.42 Å².